The number of aromatic nitrogens is 3. The van der Waals surface area contributed by atoms with Gasteiger partial charge in [0.25, 0.3) is 0 Å². The lowest BCUT2D eigenvalue weighted by Gasteiger charge is -2.23. The molecule has 0 unspecified atom stereocenters. The van der Waals surface area contributed by atoms with Crippen LogP contribution in [0.25, 0.3) is 0 Å². The lowest BCUT2D eigenvalue weighted by Crippen LogP contribution is -2.37. The summed E-state index contributed by atoms with van der Waals surface area (Å²) < 4.78 is 24.8. The summed E-state index contributed by atoms with van der Waals surface area (Å²) in [6, 6.07) is 7.40. The SMILES string of the molecule is Cc1nc2n(n1)C[C@H](NCc1ccc(S(C)(=O)=O)cc1)CC2. The third-order valence-electron chi connectivity index (χ3n) is 3.91. The van der Waals surface area contributed by atoms with Crippen molar-refractivity contribution in [3.8, 4) is 0 Å². The van der Waals surface area contributed by atoms with Crippen molar-refractivity contribution in [3.63, 3.8) is 0 Å². The Labute approximate surface area is 130 Å². The minimum Gasteiger partial charge on any atom is -0.308 e. The number of nitrogens with one attached hydrogen (secondary N) is 1. The highest BCUT2D eigenvalue weighted by molar-refractivity contribution is 7.90. The van der Waals surface area contributed by atoms with E-state index in [1.807, 2.05) is 23.7 Å². The molecular formula is C15H20N4O2S. The Morgan fingerprint density at radius 1 is 1.32 bits per heavy atom. The van der Waals surface area contributed by atoms with Crippen molar-refractivity contribution < 1.29 is 8.42 Å². The van der Waals surface area contributed by atoms with E-state index >= 15 is 0 Å². The van der Waals surface area contributed by atoms with E-state index in [1.165, 1.54) is 6.26 Å². The highest BCUT2D eigenvalue weighted by atomic mass is 32.2. The summed E-state index contributed by atoms with van der Waals surface area (Å²) in [7, 11) is -3.13. The molecule has 1 aromatic carbocycles. The summed E-state index contributed by atoms with van der Waals surface area (Å²) in [6.45, 7) is 3.46. The van der Waals surface area contributed by atoms with E-state index in [9.17, 15) is 8.42 Å². The van der Waals surface area contributed by atoms with Gasteiger partial charge >= 0.3 is 0 Å². The Hall–Kier alpha value is -1.73. The van der Waals surface area contributed by atoms with Crippen LogP contribution in [0.4, 0.5) is 0 Å². The van der Waals surface area contributed by atoms with E-state index in [2.05, 4.69) is 15.4 Å². The van der Waals surface area contributed by atoms with Crippen molar-refractivity contribution in [1.29, 1.82) is 0 Å². The monoisotopic (exact) mass is 320 g/mol. The zero-order chi connectivity index (χ0) is 15.7. The van der Waals surface area contributed by atoms with E-state index in [0.717, 1.165) is 43.1 Å². The lowest BCUT2D eigenvalue weighted by atomic mass is 10.1. The standard InChI is InChI=1S/C15H20N4O2S/c1-11-17-15-8-5-13(10-19(15)18-11)16-9-12-3-6-14(7-4-12)22(2,20)21/h3-4,6-7,13,16H,5,8-10H2,1-2H3/t13-/m1/s1. The highest BCUT2D eigenvalue weighted by Gasteiger charge is 2.20. The highest BCUT2D eigenvalue weighted by Crippen LogP contribution is 2.14. The molecule has 2 heterocycles. The third kappa shape index (κ3) is 3.36. The topological polar surface area (TPSA) is 76.9 Å². The summed E-state index contributed by atoms with van der Waals surface area (Å²) in [5.41, 5.74) is 1.08. The molecule has 0 spiro atoms. The van der Waals surface area contributed by atoms with Gasteiger partial charge < -0.3 is 5.32 Å². The predicted molar refractivity (Wildman–Crippen MR) is 83.3 cm³/mol. The minimum absolute atomic E-state index is 0.358. The van der Waals surface area contributed by atoms with E-state index in [4.69, 9.17) is 0 Å². The van der Waals surface area contributed by atoms with Crippen molar-refractivity contribution in [2.24, 2.45) is 0 Å². The van der Waals surface area contributed by atoms with Crippen LogP contribution in [0.15, 0.2) is 29.2 Å². The van der Waals surface area contributed by atoms with Crippen LogP contribution in [0.5, 0.6) is 0 Å². The van der Waals surface area contributed by atoms with Gasteiger partial charge in [0.2, 0.25) is 0 Å². The number of hydrogen-bond donors (Lipinski definition) is 1. The summed E-state index contributed by atoms with van der Waals surface area (Å²) in [4.78, 5) is 4.76. The molecule has 6 nitrogen and oxygen atoms in total. The molecule has 2 aromatic rings. The molecule has 1 aliphatic heterocycles. The average Bonchev–Trinajstić information content (AvgIpc) is 2.84. The van der Waals surface area contributed by atoms with E-state index in [-0.39, 0.29) is 0 Å². The van der Waals surface area contributed by atoms with Gasteiger partial charge in [-0.2, -0.15) is 5.10 Å². The normalized spacial score (nSPS) is 18.2. The van der Waals surface area contributed by atoms with Crippen molar-refractivity contribution in [2.45, 2.75) is 43.8 Å². The molecule has 0 saturated carbocycles. The van der Waals surface area contributed by atoms with Gasteiger partial charge in [-0.1, -0.05) is 12.1 Å². The molecule has 1 aliphatic rings. The molecule has 0 aliphatic carbocycles. The maximum atomic E-state index is 11.4. The Kier molecular flexibility index (Phi) is 4.01. The summed E-state index contributed by atoms with van der Waals surface area (Å²) in [6.07, 6.45) is 3.20. The number of sulfone groups is 1. The molecule has 1 atom stereocenters. The van der Waals surface area contributed by atoms with Crippen LogP contribution < -0.4 is 5.32 Å². The quantitative estimate of drug-likeness (QED) is 0.913. The molecule has 0 saturated heterocycles. The Morgan fingerprint density at radius 2 is 2.05 bits per heavy atom. The zero-order valence-corrected chi connectivity index (χ0v) is 13.6. The predicted octanol–water partition coefficient (Wildman–Crippen LogP) is 1.09. The van der Waals surface area contributed by atoms with Gasteiger partial charge in [0.05, 0.1) is 11.4 Å². The van der Waals surface area contributed by atoms with E-state index < -0.39 is 9.84 Å². The van der Waals surface area contributed by atoms with Crippen LogP contribution in [0.1, 0.15) is 23.6 Å². The lowest BCUT2D eigenvalue weighted by molar-refractivity contribution is 0.357. The van der Waals surface area contributed by atoms with Gasteiger partial charge in [0.1, 0.15) is 11.6 Å². The van der Waals surface area contributed by atoms with Crippen molar-refractivity contribution in [1.82, 2.24) is 20.1 Å². The van der Waals surface area contributed by atoms with Crippen LogP contribution in [-0.2, 0) is 29.3 Å². The average molecular weight is 320 g/mol. The molecular weight excluding hydrogens is 300 g/mol. The number of fused-ring (bicyclic) bond motifs is 1. The van der Waals surface area contributed by atoms with Crippen molar-refractivity contribution in [3.05, 3.63) is 41.5 Å². The first-order valence-electron chi connectivity index (χ1n) is 7.34. The smallest absolute Gasteiger partial charge is 0.175 e. The molecule has 22 heavy (non-hydrogen) atoms. The van der Waals surface area contributed by atoms with Crippen LogP contribution in [0.2, 0.25) is 0 Å². The molecule has 0 radical (unpaired) electrons. The van der Waals surface area contributed by atoms with Gasteiger partial charge in [-0.3, -0.25) is 0 Å². The molecule has 1 N–H and O–H groups in total. The fraction of sp³-hybridized carbons (Fsp3) is 0.467. The zero-order valence-electron chi connectivity index (χ0n) is 12.8. The minimum atomic E-state index is -3.13. The second-order valence-electron chi connectivity index (χ2n) is 5.79. The first kappa shape index (κ1) is 15.2. The van der Waals surface area contributed by atoms with Gasteiger partial charge in [0.15, 0.2) is 9.84 Å². The fourth-order valence-corrected chi connectivity index (χ4v) is 3.35. The molecule has 118 valence electrons. The molecule has 0 bridgehead atoms. The first-order valence-corrected chi connectivity index (χ1v) is 9.23. The van der Waals surface area contributed by atoms with E-state index in [1.54, 1.807) is 12.1 Å². The number of rotatable bonds is 4. The fourth-order valence-electron chi connectivity index (χ4n) is 2.72. The van der Waals surface area contributed by atoms with Crippen LogP contribution in [-0.4, -0.2) is 35.5 Å². The van der Waals surface area contributed by atoms with Gasteiger partial charge in [-0.15, -0.1) is 0 Å². The Morgan fingerprint density at radius 3 is 2.73 bits per heavy atom. The Bertz CT molecular complexity index is 765. The van der Waals surface area contributed by atoms with Gasteiger partial charge in [-0.05, 0) is 31.0 Å². The maximum Gasteiger partial charge on any atom is 0.175 e. The number of nitrogens with zero attached hydrogens (tertiary/aromatic N) is 3. The van der Waals surface area contributed by atoms with Crippen LogP contribution >= 0.6 is 0 Å². The third-order valence-corrected chi connectivity index (χ3v) is 5.04. The summed E-state index contributed by atoms with van der Waals surface area (Å²) in [5.74, 6) is 1.89. The molecule has 0 amide bonds. The second-order valence-corrected chi connectivity index (χ2v) is 7.81. The molecule has 3 rings (SSSR count). The number of hydrogen-bond acceptors (Lipinski definition) is 5. The number of aryl methyl sites for hydroxylation is 2. The van der Waals surface area contributed by atoms with Crippen molar-refractivity contribution in [2.75, 3.05) is 6.26 Å². The van der Waals surface area contributed by atoms with Gasteiger partial charge in [0, 0.05) is 25.3 Å². The van der Waals surface area contributed by atoms with Crippen LogP contribution in [0, 0.1) is 6.92 Å². The maximum absolute atomic E-state index is 11.4. The summed E-state index contributed by atoms with van der Waals surface area (Å²) >= 11 is 0. The molecule has 1 aromatic heterocycles. The van der Waals surface area contributed by atoms with Gasteiger partial charge in [-0.25, -0.2) is 18.1 Å². The second kappa shape index (κ2) is 5.81. The molecule has 7 heteroatoms. The van der Waals surface area contributed by atoms with Crippen LogP contribution in [0.3, 0.4) is 0 Å². The largest absolute Gasteiger partial charge is 0.308 e. The Balaban J connectivity index is 1.59. The van der Waals surface area contributed by atoms with E-state index in [0.29, 0.717) is 10.9 Å². The summed E-state index contributed by atoms with van der Waals surface area (Å²) in [5, 5.41) is 7.90. The number of benzene rings is 1. The van der Waals surface area contributed by atoms with Crippen molar-refractivity contribution >= 4 is 9.84 Å². The molecule has 0 fully saturated rings. The first-order chi connectivity index (χ1) is 10.4.